The van der Waals surface area contributed by atoms with Gasteiger partial charge in [0.05, 0.1) is 10.6 Å². The van der Waals surface area contributed by atoms with Crippen LogP contribution >= 0.6 is 23.2 Å². The molecule has 0 aliphatic heterocycles. The van der Waals surface area contributed by atoms with Gasteiger partial charge in [0.25, 0.3) is 10.0 Å². The number of nitrogens with one attached hydrogen (secondary N) is 1. The van der Waals surface area contributed by atoms with Gasteiger partial charge in [-0.15, -0.1) is 0 Å². The van der Waals surface area contributed by atoms with Crippen molar-refractivity contribution in [2.45, 2.75) is 75.9 Å². The maximum absolute atomic E-state index is 14.2. The summed E-state index contributed by atoms with van der Waals surface area (Å²) in [4.78, 5) is 29.3. The number of benzene rings is 3. The number of rotatable bonds is 11. The smallest absolute Gasteiger partial charge is 0.264 e. The Morgan fingerprint density at radius 2 is 1.62 bits per heavy atom. The molecular weight excluding hydrogens is 593 g/mol. The van der Waals surface area contributed by atoms with E-state index in [0.717, 1.165) is 47.5 Å². The molecule has 42 heavy (non-hydrogen) atoms. The van der Waals surface area contributed by atoms with Gasteiger partial charge < -0.3 is 10.2 Å². The Morgan fingerprint density at radius 3 is 2.26 bits per heavy atom. The van der Waals surface area contributed by atoms with Crippen molar-refractivity contribution in [1.82, 2.24) is 10.2 Å². The van der Waals surface area contributed by atoms with Gasteiger partial charge in [0.2, 0.25) is 11.8 Å². The molecule has 0 heterocycles. The van der Waals surface area contributed by atoms with E-state index in [0.29, 0.717) is 16.5 Å². The van der Waals surface area contributed by atoms with E-state index in [1.54, 1.807) is 18.2 Å². The molecule has 4 rings (SSSR count). The molecule has 224 valence electrons. The first-order valence-corrected chi connectivity index (χ1v) is 16.5. The van der Waals surface area contributed by atoms with Crippen LogP contribution < -0.4 is 9.62 Å². The lowest BCUT2D eigenvalue weighted by Gasteiger charge is -2.34. The van der Waals surface area contributed by atoms with Crippen LogP contribution in [-0.4, -0.2) is 43.8 Å². The summed E-state index contributed by atoms with van der Waals surface area (Å²) in [5.41, 5.74) is 2.11. The van der Waals surface area contributed by atoms with Crippen LogP contribution in [0.15, 0.2) is 77.7 Å². The monoisotopic (exact) mass is 629 g/mol. The predicted octanol–water partition coefficient (Wildman–Crippen LogP) is 6.75. The molecule has 7 nitrogen and oxygen atoms in total. The average Bonchev–Trinajstić information content (AvgIpc) is 2.96. The summed E-state index contributed by atoms with van der Waals surface area (Å²) in [6, 6.07) is 19.1. The van der Waals surface area contributed by atoms with Crippen molar-refractivity contribution >= 4 is 50.7 Å². The van der Waals surface area contributed by atoms with Gasteiger partial charge in [-0.3, -0.25) is 13.9 Å². The highest BCUT2D eigenvalue weighted by Gasteiger charge is 2.34. The van der Waals surface area contributed by atoms with Crippen molar-refractivity contribution in [3.8, 4) is 0 Å². The summed E-state index contributed by atoms with van der Waals surface area (Å²) in [7, 11) is -4.20. The topological polar surface area (TPSA) is 86.8 Å². The van der Waals surface area contributed by atoms with Gasteiger partial charge in [0.15, 0.2) is 0 Å². The van der Waals surface area contributed by atoms with Gasteiger partial charge in [-0.2, -0.15) is 0 Å². The first-order chi connectivity index (χ1) is 20.1. The van der Waals surface area contributed by atoms with Gasteiger partial charge >= 0.3 is 0 Å². The fourth-order valence-corrected chi connectivity index (χ4v) is 7.08. The minimum absolute atomic E-state index is 0.0213. The third-order valence-corrected chi connectivity index (χ3v) is 9.82. The molecule has 1 aliphatic carbocycles. The summed E-state index contributed by atoms with van der Waals surface area (Å²) >= 11 is 12.3. The highest BCUT2D eigenvalue weighted by Crippen LogP contribution is 2.28. The number of carbonyl (C=O) groups is 2. The molecule has 0 aromatic heterocycles. The lowest BCUT2D eigenvalue weighted by atomic mass is 9.95. The highest BCUT2D eigenvalue weighted by molar-refractivity contribution is 7.92. The van der Waals surface area contributed by atoms with E-state index in [4.69, 9.17) is 23.2 Å². The fraction of sp³-hybridized carbons (Fsp3) is 0.375. The zero-order valence-corrected chi connectivity index (χ0v) is 26.3. The van der Waals surface area contributed by atoms with E-state index >= 15 is 0 Å². The van der Waals surface area contributed by atoms with Crippen LogP contribution in [0.4, 0.5) is 5.69 Å². The van der Waals surface area contributed by atoms with Crippen LogP contribution in [0.1, 0.15) is 56.6 Å². The van der Waals surface area contributed by atoms with Crippen molar-refractivity contribution in [3.63, 3.8) is 0 Å². The molecule has 1 N–H and O–H groups in total. The van der Waals surface area contributed by atoms with Crippen LogP contribution in [0, 0.1) is 6.92 Å². The number of hydrogen-bond acceptors (Lipinski definition) is 4. The number of aryl methyl sites for hydroxylation is 1. The molecule has 1 fully saturated rings. The second-order valence-electron chi connectivity index (χ2n) is 10.7. The third-order valence-electron chi connectivity index (χ3n) is 7.55. The van der Waals surface area contributed by atoms with Crippen molar-refractivity contribution in [3.05, 3.63) is 94.0 Å². The van der Waals surface area contributed by atoms with Crippen molar-refractivity contribution in [2.24, 2.45) is 0 Å². The van der Waals surface area contributed by atoms with Gasteiger partial charge in [0.1, 0.15) is 12.6 Å². The number of nitrogens with zero attached hydrogens (tertiary/aromatic N) is 2. The maximum atomic E-state index is 14.2. The van der Waals surface area contributed by atoms with Crippen LogP contribution in [-0.2, 0) is 26.2 Å². The molecule has 0 spiro atoms. The van der Waals surface area contributed by atoms with E-state index in [1.165, 1.54) is 35.2 Å². The predicted molar refractivity (Wildman–Crippen MR) is 168 cm³/mol. The molecule has 1 unspecified atom stereocenters. The summed E-state index contributed by atoms with van der Waals surface area (Å²) in [6.45, 7) is 3.45. The Labute approximate surface area is 258 Å². The van der Waals surface area contributed by atoms with Crippen molar-refractivity contribution in [2.75, 3.05) is 10.8 Å². The molecular formula is C32H37Cl2N3O4S. The molecule has 1 atom stereocenters. The number of amides is 2. The second kappa shape index (κ2) is 14.4. The zero-order valence-electron chi connectivity index (χ0n) is 23.9. The minimum Gasteiger partial charge on any atom is -0.352 e. The van der Waals surface area contributed by atoms with Crippen molar-refractivity contribution < 1.29 is 18.0 Å². The fourth-order valence-electron chi connectivity index (χ4n) is 5.36. The summed E-state index contributed by atoms with van der Waals surface area (Å²) in [5, 5.41) is 3.87. The first kappa shape index (κ1) is 31.9. The first-order valence-electron chi connectivity index (χ1n) is 14.3. The molecule has 3 aromatic carbocycles. The van der Waals surface area contributed by atoms with Gasteiger partial charge in [-0.05, 0) is 74.2 Å². The van der Waals surface area contributed by atoms with E-state index in [-0.39, 0.29) is 29.1 Å². The summed E-state index contributed by atoms with van der Waals surface area (Å²) in [5.74, 6) is -0.722. The van der Waals surface area contributed by atoms with E-state index in [2.05, 4.69) is 5.32 Å². The Balaban J connectivity index is 1.71. The molecule has 0 saturated heterocycles. The van der Waals surface area contributed by atoms with Crippen LogP contribution in [0.3, 0.4) is 0 Å². The normalized spacial score (nSPS) is 14.7. The van der Waals surface area contributed by atoms with Crippen molar-refractivity contribution in [1.29, 1.82) is 0 Å². The molecule has 1 aliphatic rings. The minimum atomic E-state index is -4.20. The van der Waals surface area contributed by atoms with Crippen LogP contribution in [0.2, 0.25) is 10.0 Å². The van der Waals surface area contributed by atoms with E-state index < -0.39 is 28.5 Å². The lowest BCUT2D eigenvalue weighted by Crippen LogP contribution is -2.54. The van der Waals surface area contributed by atoms with Crippen LogP contribution in [0.5, 0.6) is 0 Å². The Hall–Kier alpha value is -3.07. The van der Waals surface area contributed by atoms with Gasteiger partial charge in [-0.1, -0.05) is 85.3 Å². The molecule has 0 radical (unpaired) electrons. The second-order valence-corrected chi connectivity index (χ2v) is 13.5. The summed E-state index contributed by atoms with van der Waals surface area (Å²) in [6.07, 6.45) is 5.47. The lowest BCUT2D eigenvalue weighted by molar-refractivity contribution is -0.140. The standard InChI is InChI=1S/C32H37Cl2N3O4S/c1-3-30(32(39)35-27-12-5-4-6-13-27)36(21-24-10-7-9-23(2)19-24)31(38)22-37(28-14-8-11-26(34)20-28)42(40,41)29-17-15-25(33)16-18-29/h7-11,14-20,27,30H,3-6,12-13,21-22H2,1-2H3,(H,35,39). The number of halogens is 2. The maximum Gasteiger partial charge on any atom is 0.264 e. The quantitative estimate of drug-likeness (QED) is 0.254. The average molecular weight is 631 g/mol. The van der Waals surface area contributed by atoms with Crippen LogP contribution in [0.25, 0.3) is 0 Å². The largest absolute Gasteiger partial charge is 0.352 e. The Morgan fingerprint density at radius 1 is 0.929 bits per heavy atom. The highest BCUT2D eigenvalue weighted by atomic mass is 35.5. The molecule has 1 saturated carbocycles. The molecule has 3 aromatic rings. The molecule has 10 heteroatoms. The summed E-state index contributed by atoms with van der Waals surface area (Å²) < 4.78 is 28.9. The number of hydrogen-bond donors (Lipinski definition) is 1. The van der Waals surface area contributed by atoms with E-state index in [9.17, 15) is 18.0 Å². The van der Waals surface area contributed by atoms with Gasteiger partial charge in [0, 0.05) is 22.6 Å². The Bertz CT molecular complexity index is 1490. The number of anilines is 1. The SMILES string of the molecule is CCC(C(=O)NC1CCCCC1)N(Cc1cccc(C)c1)C(=O)CN(c1cccc(Cl)c1)S(=O)(=O)c1ccc(Cl)cc1. The zero-order chi connectivity index (χ0) is 30.3. The number of carbonyl (C=O) groups excluding carboxylic acids is 2. The van der Waals surface area contributed by atoms with E-state index in [1.807, 2.05) is 38.1 Å². The molecule has 0 bridgehead atoms. The van der Waals surface area contributed by atoms with Gasteiger partial charge in [-0.25, -0.2) is 8.42 Å². The number of sulfonamides is 1. The third kappa shape index (κ3) is 8.06. The Kier molecular flexibility index (Phi) is 10.9. The molecule has 2 amide bonds.